The Morgan fingerprint density at radius 1 is 1.18 bits per heavy atom. The van der Waals surface area contributed by atoms with E-state index in [2.05, 4.69) is 6.07 Å². The fourth-order valence-electron chi connectivity index (χ4n) is 5.03. The van der Waals surface area contributed by atoms with Crippen molar-refractivity contribution in [2.45, 2.75) is 52.7 Å². The molecule has 2 amide bonds. The average Bonchev–Trinajstić information content (AvgIpc) is 3.53. The Labute approximate surface area is 234 Å². The fourth-order valence-corrected chi connectivity index (χ4v) is 5.03. The molecule has 0 bridgehead atoms. The van der Waals surface area contributed by atoms with Crippen LogP contribution in [0.25, 0.3) is 23.0 Å². The molecule has 8 nitrogen and oxygen atoms in total. The first kappa shape index (κ1) is 27.1. The number of para-hydroxylation sites is 1. The summed E-state index contributed by atoms with van der Waals surface area (Å²) in [4.78, 5) is 27.9. The number of carbonyl (C=O) groups is 2. The van der Waals surface area contributed by atoms with Crippen molar-refractivity contribution >= 4 is 17.9 Å². The monoisotopic (exact) mass is 536 g/mol. The lowest BCUT2D eigenvalue weighted by atomic mass is 9.93. The van der Waals surface area contributed by atoms with Crippen LogP contribution in [0.15, 0.2) is 71.4 Å². The van der Waals surface area contributed by atoms with Gasteiger partial charge >= 0.3 is 0 Å². The summed E-state index contributed by atoms with van der Waals surface area (Å²) in [5.41, 5.74) is 4.89. The largest absolute Gasteiger partial charge is 0.490 e. The van der Waals surface area contributed by atoms with E-state index in [1.807, 2.05) is 75.5 Å². The van der Waals surface area contributed by atoms with Crippen LogP contribution in [-0.2, 0) is 20.7 Å². The summed E-state index contributed by atoms with van der Waals surface area (Å²) in [7, 11) is 0. The summed E-state index contributed by atoms with van der Waals surface area (Å²) in [5, 5.41) is 14.7. The zero-order valence-electron chi connectivity index (χ0n) is 23.2. The summed E-state index contributed by atoms with van der Waals surface area (Å²) in [5.74, 6) is -0.130. The third-order valence-corrected chi connectivity index (χ3v) is 7.04. The van der Waals surface area contributed by atoms with Crippen molar-refractivity contribution < 1.29 is 19.1 Å². The maximum absolute atomic E-state index is 13.7. The van der Waals surface area contributed by atoms with Crippen molar-refractivity contribution in [3.63, 3.8) is 0 Å². The van der Waals surface area contributed by atoms with E-state index >= 15 is 0 Å². The summed E-state index contributed by atoms with van der Waals surface area (Å²) < 4.78 is 13.2. The minimum atomic E-state index is -0.570. The quantitative estimate of drug-likeness (QED) is 0.221. The maximum atomic E-state index is 13.7. The highest BCUT2D eigenvalue weighted by Crippen LogP contribution is 2.35. The van der Waals surface area contributed by atoms with Crippen molar-refractivity contribution in [1.29, 1.82) is 5.26 Å². The number of nitrogens with zero attached hydrogens (tertiary/aromatic N) is 4. The van der Waals surface area contributed by atoms with E-state index in [0.29, 0.717) is 35.4 Å². The van der Waals surface area contributed by atoms with Gasteiger partial charge in [-0.2, -0.15) is 10.4 Å². The minimum Gasteiger partial charge on any atom is -0.490 e. The lowest BCUT2D eigenvalue weighted by Gasteiger charge is -2.27. The molecule has 0 fully saturated rings. The van der Waals surface area contributed by atoms with Crippen LogP contribution < -0.4 is 4.74 Å². The first-order valence-electron chi connectivity index (χ1n) is 13.5. The number of hydrogen-bond acceptors (Lipinski definition) is 6. The second-order valence-corrected chi connectivity index (χ2v) is 10.4. The van der Waals surface area contributed by atoms with E-state index in [9.17, 15) is 14.9 Å². The molecule has 1 atom stereocenters. The van der Waals surface area contributed by atoms with Crippen molar-refractivity contribution in [3.8, 4) is 28.8 Å². The smallest absolute Gasteiger partial charge is 0.271 e. The van der Waals surface area contributed by atoms with Crippen molar-refractivity contribution in [1.82, 2.24) is 14.7 Å². The molecule has 0 saturated carbocycles. The van der Waals surface area contributed by atoms with E-state index in [1.54, 1.807) is 17.7 Å². The predicted octanol–water partition coefficient (Wildman–Crippen LogP) is 5.27. The molecule has 3 aromatic rings. The third kappa shape index (κ3) is 5.33. The van der Waals surface area contributed by atoms with E-state index in [1.165, 1.54) is 0 Å². The van der Waals surface area contributed by atoms with Gasteiger partial charge in [0.05, 0.1) is 17.5 Å². The highest BCUT2D eigenvalue weighted by Gasteiger charge is 2.35. The number of amides is 2. The molecule has 8 heteroatoms. The van der Waals surface area contributed by atoms with E-state index in [-0.39, 0.29) is 24.3 Å². The number of ether oxygens (including phenoxy) is 2. The number of fused-ring (bicyclic) bond motifs is 1. The van der Waals surface area contributed by atoms with Crippen molar-refractivity contribution in [2.75, 3.05) is 13.2 Å². The molecule has 2 aromatic carbocycles. The van der Waals surface area contributed by atoms with Gasteiger partial charge in [-0.3, -0.25) is 14.5 Å². The molecule has 0 radical (unpaired) electrons. The second-order valence-electron chi connectivity index (χ2n) is 10.4. The number of benzene rings is 2. The lowest BCUT2D eigenvalue weighted by molar-refractivity contribution is -0.140. The molecule has 1 aromatic heterocycles. The maximum Gasteiger partial charge on any atom is 0.271 e. The number of hydrogen-bond donors (Lipinski definition) is 0. The zero-order chi connectivity index (χ0) is 28.4. The van der Waals surface area contributed by atoms with Gasteiger partial charge < -0.3 is 9.47 Å². The Balaban J connectivity index is 1.58. The minimum absolute atomic E-state index is 0.0312. The highest BCUT2D eigenvalue weighted by atomic mass is 16.5. The first-order valence-corrected chi connectivity index (χ1v) is 13.5. The average molecular weight is 537 g/mol. The molecule has 0 aliphatic carbocycles. The summed E-state index contributed by atoms with van der Waals surface area (Å²) in [6, 6.07) is 17.7. The molecular formula is C32H32N4O4. The fraction of sp³-hybridized carbons (Fsp3) is 0.312. The molecule has 3 heterocycles. The van der Waals surface area contributed by atoms with Gasteiger partial charge in [0.2, 0.25) is 0 Å². The Kier molecular flexibility index (Phi) is 7.67. The van der Waals surface area contributed by atoms with Crippen LogP contribution >= 0.6 is 0 Å². The normalized spacial score (nSPS) is 17.9. The molecule has 204 valence electrons. The molecule has 40 heavy (non-hydrogen) atoms. The van der Waals surface area contributed by atoms with Gasteiger partial charge in [0.15, 0.2) is 0 Å². The van der Waals surface area contributed by atoms with Gasteiger partial charge in [0, 0.05) is 42.5 Å². The number of rotatable bonds is 8. The topological polar surface area (TPSA) is 97.5 Å². The Bertz CT molecular complexity index is 1560. The Morgan fingerprint density at radius 3 is 2.67 bits per heavy atom. The SMILES string of the molecule is CC1=C(C#N)C(=O)N(CCCOC(C)C)C(=O)/C1=C/c1cn(-c2ccccc2)nc1-c1ccc2c(c1)CC(C)O2. The van der Waals surface area contributed by atoms with Crippen LogP contribution in [0, 0.1) is 11.3 Å². The molecule has 0 N–H and O–H groups in total. The first-order chi connectivity index (χ1) is 19.3. The van der Waals surface area contributed by atoms with Gasteiger partial charge in [0.25, 0.3) is 11.8 Å². The van der Waals surface area contributed by atoms with Gasteiger partial charge in [0.1, 0.15) is 23.5 Å². The highest BCUT2D eigenvalue weighted by molar-refractivity contribution is 6.19. The van der Waals surface area contributed by atoms with Gasteiger partial charge in [-0.05, 0) is 81.7 Å². The molecule has 5 rings (SSSR count). The van der Waals surface area contributed by atoms with E-state index in [0.717, 1.165) is 33.9 Å². The Hall–Kier alpha value is -4.48. The van der Waals surface area contributed by atoms with Crippen LogP contribution in [0.5, 0.6) is 5.75 Å². The van der Waals surface area contributed by atoms with Crippen LogP contribution in [-0.4, -0.2) is 51.9 Å². The molecule has 2 aliphatic heterocycles. The molecule has 0 spiro atoms. The number of carbonyl (C=O) groups excluding carboxylic acids is 2. The van der Waals surface area contributed by atoms with Crippen molar-refractivity contribution in [3.05, 3.63) is 82.6 Å². The second kappa shape index (κ2) is 11.3. The van der Waals surface area contributed by atoms with Crippen LogP contribution in [0.2, 0.25) is 0 Å². The standard InChI is InChI=1S/C32H32N4O4/c1-20(2)39-14-8-13-35-31(37)27(22(4)28(18-33)32(35)38)17-25-19-36(26-9-6-5-7-10-26)34-30(25)23-11-12-29-24(16-23)15-21(3)40-29/h5-7,9-12,16-17,19-21H,8,13-15H2,1-4H3/b27-17+. The summed E-state index contributed by atoms with van der Waals surface area (Å²) in [6.45, 7) is 8.12. The predicted molar refractivity (Wildman–Crippen MR) is 152 cm³/mol. The van der Waals surface area contributed by atoms with Crippen LogP contribution in [0.4, 0.5) is 0 Å². The van der Waals surface area contributed by atoms with Gasteiger partial charge in [-0.15, -0.1) is 0 Å². The Morgan fingerprint density at radius 2 is 1.95 bits per heavy atom. The lowest BCUT2D eigenvalue weighted by Crippen LogP contribution is -2.43. The van der Waals surface area contributed by atoms with Gasteiger partial charge in [-0.25, -0.2) is 4.68 Å². The number of imide groups is 1. The van der Waals surface area contributed by atoms with E-state index < -0.39 is 11.8 Å². The molecule has 1 unspecified atom stereocenters. The third-order valence-electron chi connectivity index (χ3n) is 7.04. The van der Waals surface area contributed by atoms with Gasteiger partial charge in [-0.1, -0.05) is 18.2 Å². The number of nitriles is 1. The molecule has 2 aliphatic rings. The number of aromatic nitrogens is 2. The summed E-state index contributed by atoms with van der Waals surface area (Å²) in [6.07, 6.45) is 5.06. The molecular weight excluding hydrogens is 504 g/mol. The summed E-state index contributed by atoms with van der Waals surface area (Å²) >= 11 is 0. The van der Waals surface area contributed by atoms with Crippen LogP contribution in [0.3, 0.4) is 0 Å². The zero-order valence-corrected chi connectivity index (χ0v) is 23.2. The van der Waals surface area contributed by atoms with Crippen molar-refractivity contribution in [2.24, 2.45) is 0 Å². The van der Waals surface area contributed by atoms with E-state index in [4.69, 9.17) is 14.6 Å². The van der Waals surface area contributed by atoms with Crippen LogP contribution in [0.1, 0.15) is 45.2 Å². The molecule has 0 saturated heterocycles.